The molecule has 0 saturated heterocycles. The topological polar surface area (TPSA) is 69.6 Å². The van der Waals surface area contributed by atoms with Crippen LogP contribution >= 0.6 is 0 Å². The summed E-state index contributed by atoms with van der Waals surface area (Å²) in [5.41, 5.74) is 1.63. The molecule has 2 aromatic rings. The lowest BCUT2D eigenvalue weighted by molar-refractivity contribution is -0.139. The van der Waals surface area contributed by atoms with Gasteiger partial charge in [0.1, 0.15) is 11.8 Å². The van der Waals surface area contributed by atoms with Gasteiger partial charge in [0.2, 0.25) is 0 Å². The third-order valence-electron chi connectivity index (χ3n) is 3.19. The molecule has 0 bridgehead atoms. The summed E-state index contributed by atoms with van der Waals surface area (Å²) in [6.07, 6.45) is 0. The molecule has 0 aliphatic heterocycles. The number of nitrogens with one attached hydrogen (secondary N) is 1. The average molecular weight is 271 g/mol. The number of benzene rings is 2. The van der Waals surface area contributed by atoms with Crippen molar-refractivity contribution in [2.45, 2.75) is 19.0 Å². The highest BCUT2D eigenvalue weighted by molar-refractivity contribution is 5.75. The number of hydrogen-bond donors (Lipinski definition) is 3. The fraction of sp³-hybridized carbons (Fsp3) is 0.188. The molecule has 0 aliphatic rings. The Morgan fingerprint density at radius 3 is 2.15 bits per heavy atom. The molecule has 0 heterocycles. The molecule has 0 aliphatic carbocycles. The second-order valence-electron chi connectivity index (χ2n) is 4.66. The Kier molecular flexibility index (Phi) is 4.38. The van der Waals surface area contributed by atoms with Crippen LogP contribution in [0.4, 0.5) is 0 Å². The highest BCUT2D eigenvalue weighted by atomic mass is 16.4. The third kappa shape index (κ3) is 3.36. The Bertz CT molecular complexity index is 566. The van der Waals surface area contributed by atoms with Gasteiger partial charge in [-0.3, -0.25) is 10.1 Å². The molecular formula is C16H17NO3. The van der Waals surface area contributed by atoms with Crippen molar-refractivity contribution in [2.75, 3.05) is 0 Å². The summed E-state index contributed by atoms with van der Waals surface area (Å²) in [6.45, 7) is 1.92. The Morgan fingerprint density at radius 2 is 1.60 bits per heavy atom. The molecule has 0 fully saturated rings. The third-order valence-corrected chi connectivity index (χ3v) is 3.19. The summed E-state index contributed by atoms with van der Waals surface area (Å²) in [5, 5.41) is 21.7. The second kappa shape index (κ2) is 6.21. The molecule has 4 heteroatoms. The molecule has 104 valence electrons. The van der Waals surface area contributed by atoms with Crippen molar-refractivity contribution in [2.24, 2.45) is 0 Å². The zero-order chi connectivity index (χ0) is 14.5. The zero-order valence-corrected chi connectivity index (χ0v) is 11.2. The van der Waals surface area contributed by atoms with E-state index >= 15 is 0 Å². The molecule has 2 unspecified atom stereocenters. The van der Waals surface area contributed by atoms with Crippen molar-refractivity contribution in [1.82, 2.24) is 5.32 Å². The van der Waals surface area contributed by atoms with E-state index in [2.05, 4.69) is 5.32 Å². The average Bonchev–Trinajstić information content (AvgIpc) is 2.46. The highest BCUT2D eigenvalue weighted by Gasteiger charge is 2.22. The van der Waals surface area contributed by atoms with Gasteiger partial charge in [-0.25, -0.2) is 0 Å². The number of phenolic OH excluding ortho intramolecular Hbond substituents is 1. The molecule has 3 N–H and O–H groups in total. The van der Waals surface area contributed by atoms with Crippen LogP contribution in [-0.4, -0.2) is 16.2 Å². The number of hydrogen-bond acceptors (Lipinski definition) is 3. The monoisotopic (exact) mass is 271 g/mol. The Balaban J connectivity index is 2.18. The molecule has 0 radical (unpaired) electrons. The standard InChI is InChI=1S/C16H17NO3/c1-11(12-5-3-2-4-6-12)17-15(16(19)20)13-7-9-14(18)10-8-13/h2-11,15,17-18H,1H3,(H,19,20). The molecule has 2 atom stereocenters. The summed E-state index contributed by atoms with van der Waals surface area (Å²) in [5.74, 6) is -0.826. The van der Waals surface area contributed by atoms with Gasteiger partial charge in [-0.1, -0.05) is 42.5 Å². The summed E-state index contributed by atoms with van der Waals surface area (Å²) < 4.78 is 0. The molecule has 20 heavy (non-hydrogen) atoms. The van der Waals surface area contributed by atoms with Crippen LogP contribution in [0, 0.1) is 0 Å². The van der Waals surface area contributed by atoms with Crippen molar-refractivity contribution < 1.29 is 15.0 Å². The maximum Gasteiger partial charge on any atom is 0.325 e. The quantitative estimate of drug-likeness (QED) is 0.782. The number of aromatic hydroxyl groups is 1. The van der Waals surface area contributed by atoms with E-state index in [1.54, 1.807) is 12.1 Å². The van der Waals surface area contributed by atoms with E-state index in [4.69, 9.17) is 0 Å². The van der Waals surface area contributed by atoms with Crippen LogP contribution < -0.4 is 5.32 Å². The lowest BCUT2D eigenvalue weighted by Gasteiger charge is -2.21. The van der Waals surface area contributed by atoms with Crippen molar-refractivity contribution >= 4 is 5.97 Å². The zero-order valence-electron chi connectivity index (χ0n) is 11.2. The predicted octanol–water partition coefficient (Wildman–Crippen LogP) is 2.87. The molecule has 0 aromatic heterocycles. The number of carboxylic acid groups (broad SMARTS) is 1. The molecule has 0 saturated carbocycles. The number of rotatable bonds is 5. The van der Waals surface area contributed by atoms with E-state index in [0.29, 0.717) is 5.56 Å². The van der Waals surface area contributed by atoms with Crippen molar-refractivity contribution in [3.63, 3.8) is 0 Å². The lowest BCUT2D eigenvalue weighted by atomic mass is 10.0. The maximum absolute atomic E-state index is 11.4. The molecule has 4 nitrogen and oxygen atoms in total. The van der Waals surface area contributed by atoms with Gasteiger partial charge >= 0.3 is 5.97 Å². The second-order valence-corrected chi connectivity index (χ2v) is 4.66. The number of carbonyl (C=O) groups is 1. The predicted molar refractivity (Wildman–Crippen MR) is 76.5 cm³/mol. The number of aliphatic carboxylic acids is 1. The minimum Gasteiger partial charge on any atom is -0.508 e. The van der Waals surface area contributed by atoms with Crippen LogP contribution in [0.25, 0.3) is 0 Å². The first-order valence-corrected chi connectivity index (χ1v) is 6.40. The van der Waals surface area contributed by atoms with E-state index in [-0.39, 0.29) is 11.8 Å². The molecular weight excluding hydrogens is 254 g/mol. The van der Waals surface area contributed by atoms with Gasteiger partial charge in [0.25, 0.3) is 0 Å². The van der Waals surface area contributed by atoms with E-state index < -0.39 is 12.0 Å². The number of phenols is 1. The van der Waals surface area contributed by atoms with Gasteiger partial charge < -0.3 is 10.2 Å². The molecule has 0 amide bonds. The highest BCUT2D eigenvalue weighted by Crippen LogP contribution is 2.21. The van der Waals surface area contributed by atoms with Crippen LogP contribution in [0.3, 0.4) is 0 Å². The van der Waals surface area contributed by atoms with Crippen LogP contribution in [-0.2, 0) is 4.79 Å². The summed E-state index contributed by atoms with van der Waals surface area (Å²) in [4.78, 5) is 11.4. The minimum absolute atomic E-state index is 0.0916. The van der Waals surface area contributed by atoms with Gasteiger partial charge in [-0.05, 0) is 30.2 Å². The van der Waals surface area contributed by atoms with E-state index in [1.807, 2.05) is 37.3 Å². The van der Waals surface area contributed by atoms with Gasteiger partial charge in [0.05, 0.1) is 0 Å². The van der Waals surface area contributed by atoms with Crippen LogP contribution in [0.1, 0.15) is 30.1 Å². The normalized spacial score (nSPS) is 13.7. The van der Waals surface area contributed by atoms with Gasteiger partial charge in [0.15, 0.2) is 0 Å². The Hall–Kier alpha value is -2.33. The fourth-order valence-electron chi connectivity index (χ4n) is 2.06. The van der Waals surface area contributed by atoms with Gasteiger partial charge in [-0.15, -0.1) is 0 Å². The fourth-order valence-corrected chi connectivity index (χ4v) is 2.06. The SMILES string of the molecule is CC(NC(C(=O)O)c1ccc(O)cc1)c1ccccc1. The van der Waals surface area contributed by atoms with Crippen LogP contribution in [0.2, 0.25) is 0 Å². The van der Waals surface area contributed by atoms with Gasteiger partial charge in [0, 0.05) is 6.04 Å². The summed E-state index contributed by atoms with van der Waals surface area (Å²) in [6, 6.07) is 15.0. The molecule has 2 rings (SSSR count). The summed E-state index contributed by atoms with van der Waals surface area (Å²) >= 11 is 0. The maximum atomic E-state index is 11.4. The molecule has 2 aromatic carbocycles. The van der Waals surface area contributed by atoms with Gasteiger partial charge in [-0.2, -0.15) is 0 Å². The number of carboxylic acids is 1. The van der Waals surface area contributed by atoms with E-state index in [1.165, 1.54) is 12.1 Å². The van der Waals surface area contributed by atoms with Crippen molar-refractivity contribution in [3.05, 3.63) is 65.7 Å². The van der Waals surface area contributed by atoms with Crippen LogP contribution in [0.15, 0.2) is 54.6 Å². The molecule has 0 spiro atoms. The smallest absolute Gasteiger partial charge is 0.325 e. The van der Waals surface area contributed by atoms with E-state index in [9.17, 15) is 15.0 Å². The van der Waals surface area contributed by atoms with Crippen molar-refractivity contribution in [1.29, 1.82) is 0 Å². The Morgan fingerprint density at radius 1 is 1.00 bits per heavy atom. The van der Waals surface area contributed by atoms with E-state index in [0.717, 1.165) is 5.56 Å². The first kappa shape index (κ1) is 14.1. The minimum atomic E-state index is -0.946. The van der Waals surface area contributed by atoms with Crippen molar-refractivity contribution in [3.8, 4) is 5.75 Å². The largest absolute Gasteiger partial charge is 0.508 e. The summed E-state index contributed by atoms with van der Waals surface area (Å²) in [7, 11) is 0. The van der Waals surface area contributed by atoms with Crippen LogP contribution in [0.5, 0.6) is 5.75 Å². The lowest BCUT2D eigenvalue weighted by Crippen LogP contribution is -2.30. The first-order valence-electron chi connectivity index (χ1n) is 6.40. The Labute approximate surface area is 117 Å². The first-order chi connectivity index (χ1) is 9.58.